The molecule has 0 unspecified atom stereocenters. The minimum absolute atomic E-state index is 0.0330. The highest BCUT2D eigenvalue weighted by Crippen LogP contribution is 2.29. The topological polar surface area (TPSA) is 121 Å². The van der Waals surface area contributed by atoms with Crippen molar-refractivity contribution in [3.8, 4) is 0 Å². The van der Waals surface area contributed by atoms with Crippen LogP contribution in [-0.2, 0) is 32.3 Å². The molecule has 3 aromatic rings. The maximum Gasteiger partial charge on any atom is 0.416 e. The van der Waals surface area contributed by atoms with Gasteiger partial charge in [0, 0.05) is 5.56 Å². The number of halogens is 3. The van der Waals surface area contributed by atoms with Gasteiger partial charge < -0.3 is 9.30 Å². The number of hydrogen-bond acceptors (Lipinski definition) is 6. The fraction of sp³-hybridized carbons (Fsp3) is 0.167. The summed E-state index contributed by atoms with van der Waals surface area (Å²) in [6.45, 7) is -0.361. The summed E-state index contributed by atoms with van der Waals surface area (Å²) in [4.78, 5) is 28.0. The van der Waals surface area contributed by atoms with E-state index >= 15 is 0 Å². The number of rotatable bonds is 4. The molecule has 0 aliphatic carbocycles. The van der Waals surface area contributed by atoms with Crippen molar-refractivity contribution in [3.63, 3.8) is 0 Å². The van der Waals surface area contributed by atoms with Gasteiger partial charge in [0.1, 0.15) is 6.54 Å². The van der Waals surface area contributed by atoms with Crippen molar-refractivity contribution in [1.82, 2.24) is 4.57 Å². The van der Waals surface area contributed by atoms with E-state index in [0.717, 1.165) is 30.6 Å². The maximum absolute atomic E-state index is 12.9. The van der Waals surface area contributed by atoms with E-state index in [2.05, 4.69) is 9.73 Å². The number of nitrogens with zero attached hydrogens (tertiary/aromatic N) is 2. The smallest absolute Gasteiger partial charge is 0.416 e. The van der Waals surface area contributed by atoms with Gasteiger partial charge in [-0.2, -0.15) is 18.2 Å². The third kappa shape index (κ3) is 5.00. The number of hydrogen-bond donors (Lipinski definition) is 1. The zero-order chi connectivity index (χ0) is 23.0. The Balaban J connectivity index is 2.17. The summed E-state index contributed by atoms with van der Waals surface area (Å²) in [6.07, 6.45) is -4.64. The third-order valence-electron chi connectivity index (χ3n) is 4.13. The van der Waals surface area contributed by atoms with Crippen molar-refractivity contribution in [2.45, 2.75) is 17.6 Å². The molecule has 164 valence electrons. The number of primary sulfonamides is 1. The molecule has 1 aromatic heterocycles. The number of alkyl halides is 3. The van der Waals surface area contributed by atoms with Crippen LogP contribution in [-0.4, -0.2) is 32.0 Å². The number of carbonyl (C=O) groups excluding carboxylic acids is 2. The van der Waals surface area contributed by atoms with Gasteiger partial charge in [0.2, 0.25) is 10.0 Å². The quantitative estimate of drug-likeness (QED) is 0.583. The molecule has 2 N–H and O–H groups in total. The Labute approximate surface area is 177 Å². The van der Waals surface area contributed by atoms with Crippen LogP contribution < -0.4 is 9.94 Å². The molecular formula is C18H14F3N3O5S2. The fourth-order valence-corrected chi connectivity index (χ4v) is 4.32. The van der Waals surface area contributed by atoms with E-state index in [1.807, 2.05) is 0 Å². The molecule has 31 heavy (non-hydrogen) atoms. The lowest BCUT2D eigenvalue weighted by Gasteiger charge is -2.07. The first-order valence-corrected chi connectivity index (χ1v) is 10.8. The molecule has 0 spiro atoms. The van der Waals surface area contributed by atoms with Crippen molar-refractivity contribution in [3.05, 3.63) is 58.4 Å². The highest BCUT2D eigenvalue weighted by atomic mass is 32.2. The molecule has 0 saturated heterocycles. The summed E-state index contributed by atoms with van der Waals surface area (Å²) < 4.78 is 68.2. The van der Waals surface area contributed by atoms with Crippen molar-refractivity contribution in [2.75, 3.05) is 7.11 Å². The number of nitrogens with two attached hydrogens (primary N) is 1. The zero-order valence-corrected chi connectivity index (χ0v) is 17.3. The molecule has 1 amide bonds. The highest BCUT2D eigenvalue weighted by molar-refractivity contribution is 7.89. The second kappa shape index (κ2) is 8.24. The maximum atomic E-state index is 12.9. The van der Waals surface area contributed by atoms with Gasteiger partial charge >= 0.3 is 12.1 Å². The van der Waals surface area contributed by atoms with Gasteiger partial charge in [0.25, 0.3) is 5.91 Å². The lowest BCUT2D eigenvalue weighted by atomic mass is 10.1. The summed E-state index contributed by atoms with van der Waals surface area (Å²) >= 11 is 0.865. The van der Waals surface area contributed by atoms with E-state index in [-0.39, 0.29) is 21.8 Å². The minimum atomic E-state index is -4.64. The van der Waals surface area contributed by atoms with Crippen LogP contribution in [0.4, 0.5) is 13.2 Å². The molecule has 3 rings (SSSR count). The predicted molar refractivity (Wildman–Crippen MR) is 105 cm³/mol. The first kappa shape index (κ1) is 22.7. The lowest BCUT2D eigenvalue weighted by molar-refractivity contribution is -0.141. The van der Waals surface area contributed by atoms with E-state index < -0.39 is 33.6 Å². The Morgan fingerprint density at radius 2 is 1.90 bits per heavy atom. The average molecular weight is 473 g/mol. The summed E-state index contributed by atoms with van der Waals surface area (Å²) in [5, 5.41) is 5.13. The number of thiazole rings is 1. The first-order valence-electron chi connectivity index (χ1n) is 8.39. The highest BCUT2D eigenvalue weighted by Gasteiger charge is 2.31. The van der Waals surface area contributed by atoms with Crippen LogP contribution in [0.5, 0.6) is 0 Å². The number of carbonyl (C=O) groups is 2. The van der Waals surface area contributed by atoms with Crippen LogP contribution in [0.3, 0.4) is 0 Å². The Morgan fingerprint density at radius 3 is 2.52 bits per heavy atom. The van der Waals surface area contributed by atoms with E-state index in [1.165, 1.54) is 28.8 Å². The monoisotopic (exact) mass is 473 g/mol. The van der Waals surface area contributed by atoms with Crippen molar-refractivity contribution in [1.29, 1.82) is 0 Å². The molecule has 0 aliphatic heterocycles. The number of ether oxygens (including phenoxy) is 1. The molecule has 0 saturated carbocycles. The molecule has 1 heterocycles. The standard InChI is InChI=1S/C18H14F3N3O5S2/c1-29-15(25)9-24-13-6-5-12(31(22,27)28)8-14(13)30-17(24)23-16(26)10-3-2-4-11(7-10)18(19,20)21/h2-8H,9H2,1H3,(H2,22,27,28). The molecule has 0 fully saturated rings. The lowest BCUT2D eigenvalue weighted by Crippen LogP contribution is -2.22. The number of benzene rings is 2. The molecule has 0 aliphatic rings. The molecule has 0 bridgehead atoms. The Bertz CT molecular complexity index is 1360. The summed E-state index contributed by atoms with van der Waals surface area (Å²) in [5.41, 5.74) is -0.953. The molecule has 0 radical (unpaired) electrons. The fourth-order valence-electron chi connectivity index (χ4n) is 2.64. The zero-order valence-electron chi connectivity index (χ0n) is 15.7. The van der Waals surface area contributed by atoms with Crippen molar-refractivity contribution >= 4 is 43.5 Å². The van der Waals surface area contributed by atoms with Gasteiger partial charge in [-0.25, -0.2) is 13.6 Å². The van der Waals surface area contributed by atoms with Crippen LogP contribution in [0, 0.1) is 0 Å². The van der Waals surface area contributed by atoms with Gasteiger partial charge in [-0.15, -0.1) is 0 Å². The van der Waals surface area contributed by atoms with Gasteiger partial charge in [-0.3, -0.25) is 9.59 Å². The van der Waals surface area contributed by atoms with Gasteiger partial charge in [-0.05, 0) is 36.4 Å². The Hall–Kier alpha value is -3.03. The molecule has 0 atom stereocenters. The number of aromatic nitrogens is 1. The van der Waals surface area contributed by atoms with Crippen LogP contribution in [0.25, 0.3) is 10.2 Å². The van der Waals surface area contributed by atoms with E-state index in [9.17, 15) is 31.2 Å². The average Bonchev–Trinajstić information content (AvgIpc) is 3.02. The van der Waals surface area contributed by atoms with Crippen molar-refractivity contribution < 1.29 is 35.9 Å². The number of amides is 1. The van der Waals surface area contributed by atoms with Gasteiger partial charge in [0.05, 0.1) is 27.8 Å². The predicted octanol–water partition coefficient (Wildman–Crippen LogP) is 2.28. The molecular weight excluding hydrogens is 459 g/mol. The number of fused-ring (bicyclic) bond motifs is 1. The molecule has 13 heteroatoms. The second-order valence-corrected chi connectivity index (χ2v) is 8.79. The van der Waals surface area contributed by atoms with Crippen LogP contribution >= 0.6 is 11.3 Å². The minimum Gasteiger partial charge on any atom is -0.468 e. The Kier molecular flexibility index (Phi) is 6.02. The van der Waals surface area contributed by atoms with Crippen LogP contribution in [0.2, 0.25) is 0 Å². The Morgan fingerprint density at radius 1 is 1.19 bits per heavy atom. The van der Waals surface area contributed by atoms with Crippen molar-refractivity contribution in [2.24, 2.45) is 10.1 Å². The number of methoxy groups -OCH3 is 1. The molecule has 2 aromatic carbocycles. The van der Waals surface area contributed by atoms with Gasteiger partial charge in [-0.1, -0.05) is 17.4 Å². The van der Waals surface area contributed by atoms with Crippen LogP contribution in [0.15, 0.2) is 52.4 Å². The van der Waals surface area contributed by atoms with Crippen LogP contribution in [0.1, 0.15) is 15.9 Å². The molecule has 8 nitrogen and oxygen atoms in total. The van der Waals surface area contributed by atoms with Gasteiger partial charge in [0.15, 0.2) is 4.80 Å². The van der Waals surface area contributed by atoms with E-state index in [1.54, 1.807) is 0 Å². The summed E-state index contributed by atoms with van der Waals surface area (Å²) in [7, 11) is -2.85. The number of sulfonamides is 1. The largest absolute Gasteiger partial charge is 0.468 e. The summed E-state index contributed by atoms with van der Waals surface area (Å²) in [5.74, 6) is -1.65. The number of esters is 1. The first-order chi connectivity index (χ1) is 14.4. The van der Waals surface area contributed by atoms with E-state index in [4.69, 9.17) is 5.14 Å². The third-order valence-corrected chi connectivity index (χ3v) is 6.08. The van der Waals surface area contributed by atoms with E-state index in [0.29, 0.717) is 16.3 Å². The SMILES string of the molecule is COC(=O)Cn1c(=NC(=O)c2cccc(C(F)(F)F)c2)sc2cc(S(N)(=O)=O)ccc21. The summed E-state index contributed by atoms with van der Waals surface area (Å²) in [6, 6.07) is 7.59. The normalized spacial score (nSPS) is 12.9. The second-order valence-electron chi connectivity index (χ2n) is 6.22.